The molecule has 0 heterocycles. The van der Waals surface area contributed by atoms with Crippen LogP contribution in [0.2, 0.25) is 0 Å². The van der Waals surface area contributed by atoms with Crippen molar-refractivity contribution in [1.82, 2.24) is 0 Å². The molecule has 1 aliphatic carbocycles. The van der Waals surface area contributed by atoms with Crippen LogP contribution in [0.3, 0.4) is 0 Å². The molecule has 0 aromatic heterocycles. The van der Waals surface area contributed by atoms with Crippen molar-refractivity contribution in [1.29, 1.82) is 0 Å². The van der Waals surface area contributed by atoms with Crippen LogP contribution in [0, 0.1) is 16.0 Å². The van der Waals surface area contributed by atoms with E-state index in [1.54, 1.807) is 31.3 Å². The van der Waals surface area contributed by atoms with Gasteiger partial charge in [0.25, 0.3) is 0 Å². The maximum absolute atomic E-state index is 11.8. The van der Waals surface area contributed by atoms with Crippen molar-refractivity contribution < 1.29 is 19.2 Å². The standard InChI is InChI=1S/C13H15N3O5/c1-15(13(18)21-2)9-5-3-8(4-6-9)14-12(17)10-7-11(10)16(19)20/h3-6,10-11H,7H2,1-2H3,(H,14,17)/t10-,11+/m0/s1. The number of amides is 2. The summed E-state index contributed by atoms with van der Waals surface area (Å²) in [6.07, 6.45) is -0.222. The predicted molar refractivity (Wildman–Crippen MR) is 74.8 cm³/mol. The minimum Gasteiger partial charge on any atom is -0.452 e. The third-order valence-electron chi connectivity index (χ3n) is 3.33. The first-order valence-electron chi connectivity index (χ1n) is 6.30. The van der Waals surface area contributed by atoms with E-state index in [0.717, 1.165) is 0 Å². The molecular weight excluding hydrogens is 278 g/mol. The molecule has 1 aliphatic rings. The first kappa shape index (κ1) is 14.8. The topological polar surface area (TPSA) is 102 Å². The van der Waals surface area contributed by atoms with Crippen LogP contribution in [0.15, 0.2) is 24.3 Å². The van der Waals surface area contributed by atoms with Gasteiger partial charge in [0.2, 0.25) is 11.9 Å². The Balaban J connectivity index is 1.95. The number of nitro groups is 1. The molecule has 0 radical (unpaired) electrons. The van der Waals surface area contributed by atoms with Gasteiger partial charge in [0.15, 0.2) is 0 Å². The van der Waals surface area contributed by atoms with Gasteiger partial charge in [-0.2, -0.15) is 0 Å². The van der Waals surface area contributed by atoms with Crippen LogP contribution in [0.5, 0.6) is 0 Å². The summed E-state index contributed by atoms with van der Waals surface area (Å²) in [5.41, 5.74) is 1.13. The quantitative estimate of drug-likeness (QED) is 0.669. The normalized spacial score (nSPS) is 19.5. The number of carbonyl (C=O) groups excluding carboxylic acids is 2. The van der Waals surface area contributed by atoms with Crippen molar-refractivity contribution in [3.05, 3.63) is 34.4 Å². The molecule has 1 saturated carbocycles. The lowest BCUT2D eigenvalue weighted by atomic mass is 10.2. The lowest BCUT2D eigenvalue weighted by Crippen LogP contribution is -2.25. The molecule has 8 heteroatoms. The highest BCUT2D eigenvalue weighted by Gasteiger charge is 2.53. The summed E-state index contributed by atoms with van der Waals surface area (Å²) in [6, 6.07) is 5.76. The van der Waals surface area contributed by atoms with E-state index in [4.69, 9.17) is 0 Å². The van der Waals surface area contributed by atoms with Gasteiger partial charge < -0.3 is 10.1 Å². The molecule has 2 atom stereocenters. The maximum Gasteiger partial charge on any atom is 0.413 e. The fourth-order valence-electron chi connectivity index (χ4n) is 1.94. The molecule has 21 heavy (non-hydrogen) atoms. The number of nitrogens with one attached hydrogen (secondary N) is 1. The van der Waals surface area contributed by atoms with Crippen LogP contribution < -0.4 is 10.2 Å². The van der Waals surface area contributed by atoms with E-state index in [1.807, 2.05) is 0 Å². The van der Waals surface area contributed by atoms with E-state index >= 15 is 0 Å². The highest BCUT2D eigenvalue weighted by atomic mass is 16.6. The van der Waals surface area contributed by atoms with Crippen LogP contribution >= 0.6 is 0 Å². The smallest absolute Gasteiger partial charge is 0.413 e. The Morgan fingerprint density at radius 3 is 2.48 bits per heavy atom. The number of carbonyl (C=O) groups is 2. The third-order valence-corrected chi connectivity index (χ3v) is 3.33. The molecule has 0 spiro atoms. The molecule has 112 valence electrons. The fraction of sp³-hybridized carbons (Fsp3) is 0.385. The van der Waals surface area contributed by atoms with Gasteiger partial charge in [0.1, 0.15) is 5.92 Å². The van der Waals surface area contributed by atoms with Crippen LogP contribution in [-0.2, 0) is 9.53 Å². The lowest BCUT2D eigenvalue weighted by Gasteiger charge is -2.15. The van der Waals surface area contributed by atoms with Gasteiger partial charge in [0, 0.05) is 29.8 Å². The van der Waals surface area contributed by atoms with Gasteiger partial charge in [-0.1, -0.05) is 0 Å². The molecule has 0 aliphatic heterocycles. The number of rotatable bonds is 4. The Hall–Kier alpha value is -2.64. The summed E-state index contributed by atoms with van der Waals surface area (Å²) >= 11 is 0. The Labute approximate surface area is 120 Å². The number of nitrogens with zero attached hydrogens (tertiary/aromatic N) is 2. The molecule has 1 fully saturated rings. The Kier molecular flexibility index (Phi) is 4.06. The van der Waals surface area contributed by atoms with Gasteiger partial charge in [-0.15, -0.1) is 0 Å². The lowest BCUT2D eigenvalue weighted by molar-refractivity contribution is -0.497. The zero-order chi connectivity index (χ0) is 15.6. The van der Waals surface area contributed by atoms with Gasteiger partial charge in [0.05, 0.1) is 7.11 Å². The highest BCUT2D eigenvalue weighted by Crippen LogP contribution is 2.34. The largest absolute Gasteiger partial charge is 0.452 e. The number of hydrogen-bond acceptors (Lipinski definition) is 5. The summed E-state index contributed by atoms with van der Waals surface area (Å²) in [4.78, 5) is 34.5. The summed E-state index contributed by atoms with van der Waals surface area (Å²) < 4.78 is 4.59. The summed E-state index contributed by atoms with van der Waals surface area (Å²) in [7, 11) is 2.85. The fourth-order valence-corrected chi connectivity index (χ4v) is 1.94. The molecule has 8 nitrogen and oxygen atoms in total. The average Bonchev–Trinajstić information content (AvgIpc) is 3.27. The molecule has 0 unspecified atom stereocenters. The summed E-state index contributed by atoms with van der Waals surface area (Å²) in [6.45, 7) is 0. The molecule has 2 amide bonds. The van der Waals surface area contributed by atoms with E-state index in [9.17, 15) is 19.7 Å². The van der Waals surface area contributed by atoms with Gasteiger partial charge in [-0.3, -0.25) is 19.8 Å². The molecule has 0 bridgehead atoms. The number of methoxy groups -OCH3 is 1. The van der Waals surface area contributed by atoms with E-state index in [-0.39, 0.29) is 12.3 Å². The van der Waals surface area contributed by atoms with Crippen LogP contribution in [0.1, 0.15) is 6.42 Å². The van der Waals surface area contributed by atoms with Crippen molar-refractivity contribution in [3.8, 4) is 0 Å². The monoisotopic (exact) mass is 293 g/mol. The second-order valence-electron chi connectivity index (χ2n) is 4.76. The minimum atomic E-state index is -0.769. The van der Waals surface area contributed by atoms with E-state index in [1.165, 1.54) is 12.0 Å². The van der Waals surface area contributed by atoms with Crippen LogP contribution in [0.4, 0.5) is 16.2 Å². The molecule has 1 aromatic rings. The number of ether oxygens (including phenoxy) is 1. The predicted octanol–water partition coefficient (Wildman–Crippen LogP) is 1.49. The summed E-state index contributed by atoms with van der Waals surface area (Å²) in [5, 5.41) is 13.1. The first-order chi connectivity index (χ1) is 9.93. The van der Waals surface area contributed by atoms with E-state index in [0.29, 0.717) is 11.4 Å². The average molecular weight is 293 g/mol. The zero-order valence-electron chi connectivity index (χ0n) is 11.6. The van der Waals surface area contributed by atoms with Crippen LogP contribution in [0.25, 0.3) is 0 Å². The molecule has 0 saturated heterocycles. The number of hydrogen-bond donors (Lipinski definition) is 1. The molecule has 1 N–H and O–H groups in total. The Bertz CT molecular complexity index is 572. The van der Waals surface area contributed by atoms with Gasteiger partial charge in [-0.05, 0) is 24.3 Å². The Morgan fingerprint density at radius 2 is 2.00 bits per heavy atom. The van der Waals surface area contributed by atoms with E-state index < -0.39 is 23.0 Å². The number of anilines is 2. The number of benzene rings is 1. The van der Waals surface area contributed by atoms with Crippen molar-refractivity contribution in [2.24, 2.45) is 5.92 Å². The van der Waals surface area contributed by atoms with Gasteiger partial charge in [-0.25, -0.2) is 4.79 Å². The second kappa shape index (κ2) is 5.78. The molecule has 1 aromatic carbocycles. The van der Waals surface area contributed by atoms with Crippen molar-refractivity contribution >= 4 is 23.4 Å². The second-order valence-corrected chi connectivity index (χ2v) is 4.76. The van der Waals surface area contributed by atoms with Crippen LogP contribution in [-0.4, -0.2) is 37.1 Å². The van der Waals surface area contributed by atoms with Crippen molar-refractivity contribution in [3.63, 3.8) is 0 Å². The van der Waals surface area contributed by atoms with Crippen molar-refractivity contribution in [2.75, 3.05) is 24.4 Å². The maximum atomic E-state index is 11.8. The first-order valence-corrected chi connectivity index (χ1v) is 6.30. The summed E-state index contributed by atoms with van der Waals surface area (Å²) in [5.74, 6) is -0.914. The zero-order valence-corrected chi connectivity index (χ0v) is 11.6. The third kappa shape index (κ3) is 3.28. The van der Waals surface area contributed by atoms with E-state index in [2.05, 4.69) is 10.1 Å². The molecular formula is C13H15N3O5. The Morgan fingerprint density at radius 1 is 1.38 bits per heavy atom. The highest BCUT2D eigenvalue weighted by molar-refractivity contribution is 5.95. The van der Waals surface area contributed by atoms with Gasteiger partial charge >= 0.3 is 6.09 Å². The minimum absolute atomic E-state index is 0.280. The SMILES string of the molecule is COC(=O)N(C)c1ccc(NC(=O)[C@H]2C[C@H]2[N+](=O)[O-])cc1. The van der Waals surface area contributed by atoms with Crippen molar-refractivity contribution in [2.45, 2.75) is 12.5 Å². The molecule has 2 rings (SSSR count).